The molecule has 0 N–H and O–H groups in total. The van der Waals surface area contributed by atoms with Gasteiger partial charge >= 0.3 is 16.8 Å². The SMILES string of the molecule is CC(C)P(=O)([O-])Oc1ccccc1.CC(C)P(=O)([O-])Oc1ccccc1.[Co+2]. The Balaban J connectivity index is 0.000000483. The zero-order valence-corrected chi connectivity index (χ0v) is 18.4. The van der Waals surface area contributed by atoms with Crippen molar-refractivity contribution in [3.8, 4) is 11.5 Å². The Morgan fingerprint density at radius 2 is 0.926 bits per heavy atom. The van der Waals surface area contributed by atoms with E-state index in [1.165, 1.54) is 0 Å². The largest absolute Gasteiger partial charge is 2.00 e. The molecule has 0 saturated carbocycles. The fourth-order valence-corrected chi connectivity index (χ4v) is 2.72. The van der Waals surface area contributed by atoms with Gasteiger partial charge in [-0.3, -0.25) is 9.13 Å². The first-order valence-electron chi connectivity index (χ1n) is 8.15. The van der Waals surface area contributed by atoms with E-state index in [-0.39, 0.29) is 16.8 Å². The van der Waals surface area contributed by atoms with E-state index < -0.39 is 26.5 Å². The molecule has 0 amide bonds. The van der Waals surface area contributed by atoms with E-state index in [1.807, 2.05) is 0 Å². The topological polar surface area (TPSA) is 98.7 Å². The quantitative estimate of drug-likeness (QED) is 0.607. The molecule has 0 fully saturated rings. The van der Waals surface area contributed by atoms with Crippen LogP contribution in [0.4, 0.5) is 0 Å². The van der Waals surface area contributed by atoms with Gasteiger partial charge in [0.25, 0.3) is 0 Å². The van der Waals surface area contributed by atoms with Crippen LogP contribution in [0.3, 0.4) is 0 Å². The second-order valence-electron chi connectivity index (χ2n) is 6.08. The fourth-order valence-electron chi connectivity index (χ4n) is 1.47. The average Bonchev–Trinajstić information content (AvgIpc) is 2.56. The van der Waals surface area contributed by atoms with E-state index in [1.54, 1.807) is 88.4 Å². The number of benzene rings is 2. The predicted molar refractivity (Wildman–Crippen MR) is 99.6 cm³/mol. The molecule has 6 nitrogen and oxygen atoms in total. The Labute approximate surface area is 171 Å². The minimum Gasteiger partial charge on any atom is -0.769 e. The molecule has 0 saturated heterocycles. The summed E-state index contributed by atoms with van der Waals surface area (Å²) in [6.45, 7) is 6.38. The monoisotopic (exact) mass is 457 g/mol. The summed E-state index contributed by atoms with van der Waals surface area (Å²) in [5.41, 5.74) is -0.986. The second kappa shape index (κ2) is 11.7. The van der Waals surface area contributed by atoms with Gasteiger partial charge < -0.3 is 18.8 Å². The third kappa shape index (κ3) is 9.61. The van der Waals surface area contributed by atoms with Crippen LogP contribution in [-0.2, 0) is 25.9 Å². The van der Waals surface area contributed by atoms with Crippen molar-refractivity contribution in [1.82, 2.24) is 0 Å². The Morgan fingerprint density at radius 3 is 1.15 bits per heavy atom. The van der Waals surface area contributed by atoms with Gasteiger partial charge in [-0.1, -0.05) is 64.1 Å². The Kier molecular flexibility index (Phi) is 11.2. The van der Waals surface area contributed by atoms with Crippen LogP contribution in [0.25, 0.3) is 0 Å². The van der Waals surface area contributed by atoms with Gasteiger partial charge in [0.2, 0.25) is 0 Å². The molecule has 0 heterocycles. The number of hydrogen-bond donors (Lipinski definition) is 0. The summed E-state index contributed by atoms with van der Waals surface area (Å²) in [6.07, 6.45) is 0. The van der Waals surface area contributed by atoms with Gasteiger partial charge in [0.15, 0.2) is 15.2 Å². The maximum absolute atomic E-state index is 11.3. The van der Waals surface area contributed by atoms with Crippen LogP contribution >= 0.6 is 15.2 Å². The van der Waals surface area contributed by atoms with Crippen LogP contribution in [0, 0.1) is 0 Å². The number of para-hydroxylation sites is 2. The molecule has 0 aliphatic carbocycles. The van der Waals surface area contributed by atoms with Crippen LogP contribution in [0.2, 0.25) is 0 Å². The average molecular weight is 457 g/mol. The molecule has 151 valence electrons. The molecule has 0 aliphatic heterocycles. The van der Waals surface area contributed by atoms with Crippen LogP contribution in [0.5, 0.6) is 11.5 Å². The standard InChI is InChI=1S/2C9H13O3P.Co/c2*1-8(2)13(10,11)12-9-6-4-3-5-7-9;/h2*3-8H,1-2H3,(H,10,11);/q;;+2/p-2. The van der Waals surface area contributed by atoms with Crippen molar-refractivity contribution in [3.63, 3.8) is 0 Å². The molecule has 9 heteroatoms. The first-order chi connectivity index (χ1) is 12.0. The van der Waals surface area contributed by atoms with Crippen molar-refractivity contribution in [2.24, 2.45) is 0 Å². The first-order valence-corrected chi connectivity index (χ1v) is 11.4. The summed E-state index contributed by atoms with van der Waals surface area (Å²) in [6, 6.07) is 17.0. The zero-order chi connectivity index (χ0) is 19.8. The molecule has 0 aromatic heterocycles. The molecule has 0 spiro atoms. The molecular weight excluding hydrogens is 433 g/mol. The number of rotatable bonds is 6. The molecule has 2 aromatic carbocycles. The molecule has 0 aliphatic rings. The Bertz CT molecular complexity index is 687. The van der Waals surface area contributed by atoms with Gasteiger partial charge in [-0.25, -0.2) is 0 Å². The minimum atomic E-state index is -3.74. The third-order valence-corrected chi connectivity index (χ3v) is 6.68. The molecule has 27 heavy (non-hydrogen) atoms. The molecular formula is C18H24CoO6P2. The van der Waals surface area contributed by atoms with Gasteiger partial charge in [0, 0.05) is 11.3 Å². The molecule has 1 radical (unpaired) electrons. The van der Waals surface area contributed by atoms with Crippen molar-refractivity contribution in [3.05, 3.63) is 60.7 Å². The first kappa shape index (κ1) is 25.9. The normalized spacial score (nSPS) is 14.8. The Hall–Kier alpha value is -1.07. The smallest absolute Gasteiger partial charge is 0.769 e. The van der Waals surface area contributed by atoms with E-state index in [0.717, 1.165) is 0 Å². The predicted octanol–water partition coefficient (Wildman–Crippen LogP) is 4.05. The van der Waals surface area contributed by atoms with Crippen LogP contribution < -0.4 is 18.8 Å². The van der Waals surface area contributed by atoms with Gasteiger partial charge in [-0.15, -0.1) is 0 Å². The van der Waals surface area contributed by atoms with Crippen molar-refractivity contribution in [2.75, 3.05) is 0 Å². The van der Waals surface area contributed by atoms with Crippen LogP contribution in [0.1, 0.15) is 27.7 Å². The molecule has 0 bridgehead atoms. The maximum atomic E-state index is 11.3. The number of hydrogen-bond acceptors (Lipinski definition) is 6. The molecule has 2 atom stereocenters. The van der Waals surface area contributed by atoms with Crippen LogP contribution in [-0.4, -0.2) is 11.3 Å². The minimum absolute atomic E-state index is 0. The zero-order valence-electron chi connectivity index (χ0n) is 15.6. The van der Waals surface area contributed by atoms with Crippen molar-refractivity contribution >= 4 is 15.2 Å². The third-order valence-electron chi connectivity index (χ3n) is 3.22. The van der Waals surface area contributed by atoms with Crippen molar-refractivity contribution in [1.29, 1.82) is 0 Å². The fraction of sp³-hybridized carbons (Fsp3) is 0.333. The molecule has 2 aromatic rings. The summed E-state index contributed by atoms with van der Waals surface area (Å²) in [4.78, 5) is 22.6. The van der Waals surface area contributed by atoms with E-state index in [9.17, 15) is 18.9 Å². The second-order valence-corrected chi connectivity index (χ2v) is 10.7. The van der Waals surface area contributed by atoms with Gasteiger partial charge in [0.05, 0.1) is 0 Å². The van der Waals surface area contributed by atoms with Crippen LogP contribution in [0.15, 0.2) is 60.7 Å². The van der Waals surface area contributed by atoms with E-state index in [4.69, 9.17) is 9.05 Å². The van der Waals surface area contributed by atoms with E-state index in [2.05, 4.69) is 0 Å². The van der Waals surface area contributed by atoms with Gasteiger partial charge in [-0.2, -0.15) is 0 Å². The summed E-state index contributed by atoms with van der Waals surface area (Å²) in [7, 11) is -7.47. The summed E-state index contributed by atoms with van der Waals surface area (Å²) in [5, 5.41) is 0. The van der Waals surface area contributed by atoms with E-state index in [0.29, 0.717) is 11.5 Å². The molecule has 2 unspecified atom stereocenters. The van der Waals surface area contributed by atoms with Crippen molar-refractivity contribution in [2.45, 2.75) is 39.0 Å². The summed E-state index contributed by atoms with van der Waals surface area (Å²) in [5.74, 6) is 0.740. The summed E-state index contributed by atoms with van der Waals surface area (Å²) >= 11 is 0. The Morgan fingerprint density at radius 1 is 0.667 bits per heavy atom. The van der Waals surface area contributed by atoms with Gasteiger partial charge in [-0.05, 0) is 24.3 Å². The van der Waals surface area contributed by atoms with E-state index >= 15 is 0 Å². The van der Waals surface area contributed by atoms with Gasteiger partial charge in [0.1, 0.15) is 11.5 Å². The maximum Gasteiger partial charge on any atom is 2.00 e. The molecule has 2 rings (SSSR count). The van der Waals surface area contributed by atoms with Crippen molar-refractivity contribution < 1.29 is 44.7 Å². The summed E-state index contributed by atoms with van der Waals surface area (Å²) < 4.78 is 32.3.